The third-order valence-corrected chi connectivity index (χ3v) is 7.59. The number of piperidine rings is 1. The zero-order valence-electron chi connectivity index (χ0n) is 22.9. The second kappa shape index (κ2) is 12.5. The molecule has 37 heavy (non-hydrogen) atoms. The first-order valence-electron chi connectivity index (χ1n) is 13.1. The van der Waals surface area contributed by atoms with Gasteiger partial charge in [-0.1, -0.05) is 50.4 Å². The Labute approximate surface area is 223 Å². The number of hydrogen-bond acceptors (Lipinski definition) is 5. The topological polar surface area (TPSA) is 60.3 Å². The number of allylic oxidation sites excluding steroid dienone is 1. The van der Waals surface area contributed by atoms with Crippen molar-refractivity contribution in [1.29, 1.82) is 5.26 Å². The summed E-state index contributed by atoms with van der Waals surface area (Å²) in [5.74, 6) is 2.51. The molecule has 0 aliphatic carbocycles. The zero-order valence-corrected chi connectivity index (χ0v) is 22.9. The van der Waals surface area contributed by atoms with Crippen LogP contribution in [-0.4, -0.2) is 25.7 Å². The van der Waals surface area contributed by atoms with Crippen molar-refractivity contribution in [2.45, 2.75) is 52.0 Å². The first-order valence-corrected chi connectivity index (χ1v) is 13.1. The fraction of sp³-hybridized carbons (Fsp3) is 0.406. The molecule has 0 saturated carbocycles. The third-order valence-electron chi connectivity index (χ3n) is 7.59. The molecule has 1 heterocycles. The van der Waals surface area contributed by atoms with Crippen LogP contribution in [0.15, 0.2) is 74.2 Å². The monoisotopic (exact) mass is 498 g/mol. The SMILES string of the molecule is C=CNC(=C)NC(C)(CC(C)Cc1cc(OC)ccc1C(=C)C)C1CCN(c2ccccc2C#N)CC1. The largest absolute Gasteiger partial charge is 0.497 e. The number of rotatable bonds is 12. The van der Waals surface area contributed by atoms with Crippen molar-refractivity contribution in [3.8, 4) is 11.8 Å². The summed E-state index contributed by atoms with van der Waals surface area (Å²) in [6, 6.07) is 16.5. The minimum Gasteiger partial charge on any atom is -0.497 e. The van der Waals surface area contributed by atoms with Crippen LogP contribution in [0.1, 0.15) is 56.7 Å². The molecule has 2 atom stereocenters. The summed E-state index contributed by atoms with van der Waals surface area (Å²) >= 11 is 0. The van der Waals surface area contributed by atoms with E-state index in [0.717, 1.165) is 67.2 Å². The molecule has 2 aromatic carbocycles. The van der Waals surface area contributed by atoms with Gasteiger partial charge in [-0.15, -0.1) is 0 Å². The zero-order chi connectivity index (χ0) is 27.0. The molecular weight excluding hydrogens is 456 g/mol. The average molecular weight is 499 g/mol. The Kier molecular flexibility index (Phi) is 9.47. The lowest BCUT2D eigenvalue weighted by Crippen LogP contribution is -2.54. The predicted molar refractivity (Wildman–Crippen MR) is 155 cm³/mol. The van der Waals surface area contributed by atoms with Gasteiger partial charge in [0.15, 0.2) is 0 Å². The first-order chi connectivity index (χ1) is 17.7. The van der Waals surface area contributed by atoms with E-state index in [9.17, 15) is 5.26 Å². The van der Waals surface area contributed by atoms with Crippen LogP contribution in [0.2, 0.25) is 0 Å². The number of para-hydroxylation sites is 1. The van der Waals surface area contributed by atoms with Gasteiger partial charge < -0.3 is 20.3 Å². The highest BCUT2D eigenvalue weighted by Crippen LogP contribution is 2.37. The van der Waals surface area contributed by atoms with Crippen LogP contribution in [0, 0.1) is 23.2 Å². The van der Waals surface area contributed by atoms with E-state index < -0.39 is 0 Å². The number of hydrogen-bond donors (Lipinski definition) is 2. The maximum Gasteiger partial charge on any atom is 0.119 e. The molecule has 2 aromatic rings. The van der Waals surface area contributed by atoms with E-state index >= 15 is 0 Å². The molecule has 0 bridgehead atoms. The molecule has 0 aromatic heterocycles. The number of nitriles is 1. The Morgan fingerprint density at radius 1 is 1.24 bits per heavy atom. The van der Waals surface area contributed by atoms with E-state index in [2.05, 4.69) is 80.3 Å². The smallest absolute Gasteiger partial charge is 0.119 e. The lowest BCUT2D eigenvalue weighted by molar-refractivity contribution is 0.169. The average Bonchev–Trinajstić information content (AvgIpc) is 2.88. The third kappa shape index (κ3) is 6.98. The van der Waals surface area contributed by atoms with E-state index in [1.54, 1.807) is 13.3 Å². The van der Waals surface area contributed by atoms with Gasteiger partial charge in [-0.3, -0.25) is 0 Å². The number of anilines is 1. The fourth-order valence-corrected chi connectivity index (χ4v) is 5.88. The van der Waals surface area contributed by atoms with Crippen LogP contribution in [-0.2, 0) is 6.42 Å². The Hall–Kier alpha value is -3.65. The molecule has 1 saturated heterocycles. The summed E-state index contributed by atoms with van der Waals surface area (Å²) < 4.78 is 5.51. The highest BCUT2D eigenvalue weighted by molar-refractivity contribution is 5.65. The van der Waals surface area contributed by atoms with Gasteiger partial charge >= 0.3 is 0 Å². The molecule has 2 N–H and O–H groups in total. The summed E-state index contributed by atoms with van der Waals surface area (Å²) in [5, 5.41) is 16.4. The maximum atomic E-state index is 9.56. The van der Waals surface area contributed by atoms with E-state index in [1.165, 1.54) is 11.1 Å². The van der Waals surface area contributed by atoms with Crippen molar-refractivity contribution in [1.82, 2.24) is 10.6 Å². The summed E-state index contributed by atoms with van der Waals surface area (Å²) in [5.41, 5.74) is 5.16. The number of methoxy groups -OCH3 is 1. The Morgan fingerprint density at radius 3 is 2.57 bits per heavy atom. The number of benzene rings is 2. The first kappa shape index (κ1) is 27.9. The molecule has 196 valence electrons. The standard InChI is InChI=1S/C32H42N4O/c1-8-34-25(5)35-32(6,21-24(4)19-27-20-29(37-7)13-14-30(27)23(2)3)28-15-17-36(18-16-28)31-12-10-9-11-26(31)22-33/h8-14,20,24,28,34-35H,1-2,5,15-19,21H2,3-4,6-7H3. The molecule has 5 nitrogen and oxygen atoms in total. The van der Waals surface area contributed by atoms with Crippen LogP contribution in [0.25, 0.3) is 5.57 Å². The number of nitrogens with zero attached hydrogens (tertiary/aromatic N) is 2. The van der Waals surface area contributed by atoms with Crippen LogP contribution < -0.4 is 20.3 Å². The van der Waals surface area contributed by atoms with Gasteiger partial charge in [0.1, 0.15) is 11.8 Å². The summed E-state index contributed by atoms with van der Waals surface area (Å²) in [6.45, 7) is 20.7. The van der Waals surface area contributed by atoms with Crippen molar-refractivity contribution < 1.29 is 4.74 Å². The van der Waals surface area contributed by atoms with Gasteiger partial charge in [-0.25, -0.2) is 0 Å². The number of nitrogens with one attached hydrogen (secondary N) is 2. The van der Waals surface area contributed by atoms with Crippen molar-refractivity contribution in [2.75, 3.05) is 25.1 Å². The maximum absolute atomic E-state index is 9.56. The molecule has 1 fully saturated rings. The predicted octanol–water partition coefficient (Wildman–Crippen LogP) is 6.64. The molecule has 5 heteroatoms. The van der Waals surface area contributed by atoms with Gasteiger partial charge in [0.25, 0.3) is 0 Å². The van der Waals surface area contributed by atoms with Crippen LogP contribution >= 0.6 is 0 Å². The lowest BCUT2D eigenvalue weighted by Gasteiger charge is -2.46. The van der Waals surface area contributed by atoms with E-state index in [-0.39, 0.29) is 5.54 Å². The highest BCUT2D eigenvalue weighted by Gasteiger charge is 2.38. The highest BCUT2D eigenvalue weighted by atomic mass is 16.5. The summed E-state index contributed by atoms with van der Waals surface area (Å²) in [4.78, 5) is 2.35. The van der Waals surface area contributed by atoms with E-state index in [1.807, 2.05) is 24.3 Å². The van der Waals surface area contributed by atoms with Gasteiger partial charge in [0, 0.05) is 18.6 Å². The Morgan fingerprint density at radius 2 is 1.95 bits per heavy atom. The molecular formula is C32H42N4O. The fourth-order valence-electron chi connectivity index (χ4n) is 5.88. The quantitative estimate of drug-likeness (QED) is 0.344. The van der Waals surface area contributed by atoms with Gasteiger partial charge in [-0.05, 0) is 93.0 Å². The lowest BCUT2D eigenvalue weighted by atomic mass is 9.73. The van der Waals surface area contributed by atoms with Crippen molar-refractivity contribution in [3.63, 3.8) is 0 Å². The summed E-state index contributed by atoms with van der Waals surface area (Å²) in [6.07, 6.45) is 5.65. The van der Waals surface area contributed by atoms with Crippen molar-refractivity contribution in [3.05, 3.63) is 90.9 Å². The van der Waals surface area contributed by atoms with Crippen LogP contribution in [0.3, 0.4) is 0 Å². The summed E-state index contributed by atoms with van der Waals surface area (Å²) in [7, 11) is 1.71. The normalized spacial score (nSPS) is 16.1. The molecule has 0 radical (unpaired) electrons. The Balaban J connectivity index is 1.79. The van der Waals surface area contributed by atoms with Crippen molar-refractivity contribution in [2.24, 2.45) is 11.8 Å². The minimum absolute atomic E-state index is 0.157. The van der Waals surface area contributed by atoms with Gasteiger partial charge in [0.2, 0.25) is 0 Å². The van der Waals surface area contributed by atoms with Crippen molar-refractivity contribution >= 4 is 11.3 Å². The van der Waals surface area contributed by atoms with Crippen LogP contribution in [0.4, 0.5) is 5.69 Å². The van der Waals surface area contributed by atoms with Gasteiger partial charge in [0.05, 0.1) is 24.2 Å². The molecule has 1 aliphatic heterocycles. The molecule has 0 amide bonds. The second-order valence-electron chi connectivity index (χ2n) is 10.6. The molecule has 1 aliphatic rings. The minimum atomic E-state index is -0.157. The second-order valence-corrected chi connectivity index (χ2v) is 10.6. The van der Waals surface area contributed by atoms with Crippen LogP contribution in [0.5, 0.6) is 5.75 Å². The van der Waals surface area contributed by atoms with E-state index in [0.29, 0.717) is 11.8 Å². The number of ether oxygens (including phenoxy) is 1. The van der Waals surface area contributed by atoms with E-state index in [4.69, 9.17) is 4.74 Å². The molecule has 0 spiro atoms. The molecule has 3 rings (SSSR count). The Bertz CT molecular complexity index is 1160. The van der Waals surface area contributed by atoms with Gasteiger partial charge in [-0.2, -0.15) is 5.26 Å². The molecule has 2 unspecified atom stereocenters.